The van der Waals surface area contributed by atoms with Gasteiger partial charge < -0.3 is 20.3 Å². The van der Waals surface area contributed by atoms with Gasteiger partial charge in [-0.2, -0.15) is 0 Å². The molecule has 7 nitrogen and oxygen atoms in total. The molecule has 1 aromatic heterocycles. The summed E-state index contributed by atoms with van der Waals surface area (Å²) >= 11 is 0. The lowest BCUT2D eigenvalue weighted by atomic mass is 10.3. The summed E-state index contributed by atoms with van der Waals surface area (Å²) in [6.45, 7) is 7.63. The number of anilines is 2. The minimum absolute atomic E-state index is 0.121. The molecule has 2 heterocycles. The number of hydrogen-bond donors (Lipinski definition) is 1. The lowest BCUT2D eigenvalue weighted by Crippen LogP contribution is -2.34. The Morgan fingerprint density at radius 3 is 2.86 bits per heavy atom. The normalized spacial score (nSPS) is 15.9. The van der Waals surface area contributed by atoms with Crippen LogP contribution in [0.3, 0.4) is 0 Å². The summed E-state index contributed by atoms with van der Waals surface area (Å²) in [7, 11) is 0. The average molecular weight is 293 g/mol. The summed E-state index contributed by atoms with van der Waals surface area (Å²) in [6, 6.07) is 1.78. The number of carbonyl (C=O) groups excluding carboxylic acids is 1. The minimum atomic E-state index is 0.121. The van der Waals surface area contributed by atoms with Gasteiger partial charge in [0, 0.05) is 45.8 Å². The van der Waals surface area contributed by atoms with Gasteiger partial charge in [0.25, 0.3) is 0 Å². The number of nitrogens with zero attached hydrogens (tertiary/aromatic N) is 4. The highest BCUT2D eigenvalue weighted by Crippen LogP contribution is 2.17. The number of ether oxygens (including phenoxy) is 1. The third-order valence-corrected chi connectivity index (χ3v) is 3.48. The van der Waals surface area contributed by atoms with E-state index in [9.17, 15) is 4.79 Å². The van der Waals surface area contributed by atoms with Gasteiger partial charge in [0.1, 0.15) is 18.2 Å². The zero-order chi connectivity index (χ0) is 15.2. The van der Waals surface area contributed by atoms with Crippen LogP contribution in [-0.4, -0.2) is 53.6 Å². The lowest BCUT2D eigenvalue weighted by molar-refractivity contribution is -0.128. The molecule has 1 saturated heterocycles. The van der Waals surface area contributed by atoms with Crippen molar-refractivity contribution in [1.29, 1.82) is 0 Å². The van der Waals surface area contributed by atoms with E-state index in [1.54, 1.807) is 13.0 Å². The summed E-state index contributed by atoms with van der Waals surface area (Å²) in [6.07, 6.45) is 0.921. The van der Waals surface area contributed by atoms with Crippen molar-refractivity contribution in [2.45, 2.75) is 26.9 Å². The molecule has 0 atom stereocenters. The van der Waals surface area contributed by atoms with E-state index in [2.05, 4.69) is 14.9 Å². The second kappa shape index (κ2) is 7.21. The second-order valence-electron chi connectivity index (χ2n) is 5.05. The highest BCUT2D eigenvalue weighted by atomic mass is 16.5. The second-order valence-corrected chi connectivity index (χ2v) is 5.05. The summed E-state index contributed by atoms with van der Waals surface area (Å²) in [5, 5.41) is 0. The first kappa shape index (κ1) is 15.5. The fourth-order valence-corrected chi connectivity index (χ4v) is 2.38. The zero-order valence-corrected chi connectivity index (χ0v) is 12.7. The number of aromatic nitrogens is 2. The van der Waals surface area contributed by atoms with Gasteiger partial charge in [0.15, 0.2) is 5.82 Å². The van der Waals surface area contributed by atoms with Gasteiger partial charge in [0.05, 0.1) is 0 Å². The Hall–Kier alpha value is -1.89. The van der Waals surface area contributed by atoms with E-state index in [0.29, 0.717) is 31.4 Å². The van der Waals surface area contributed by atoms with Crippen molar-refractivity contribution in [2.75, 3.05) is 43.4 Å². The zero-order valence-electron chi connectivity index (χ0n) is 12.7. The molecular weight excluding hydrogens is 270 g/mol. The Kier molecular flexibility index (Phi) is 5.32. The third kappa shape index (κ3) is 4.29. The number of nitrogens with two attached hydrogens (primary N) is 1. The van der Waals surface area contributed by atoms with Gasteiger partial charge in [-0.25, -0.2) is 9.97 Å². The van der Waals surface area contributed by atoms with E-state index >= 15 is 0 Å². The van der Waals surface area contributed by atoms with Crippen molar-refractivity contribution in [3.8, 4) is 0 Å². The number of hydrogen-bond acceptors (Lipinski definition) is 6. The van der Waals surface area contributed by atoms with Crippen molar-refractivity contribution in [1.82, 2.24) is 14.9 Å². The van der Waals surface area contributed by atoms with Crippen LogP contribution >= 0.6 is 0 Å². The Bertz CT molecular complexity index is 494. The number of nitrogen functional groups attached to an aromatic ring is 1. The van der Waals surface area contributed by atoms with E-state index in [0.717, 1.165) is 31.9 Å². The maximum atomic E-state index is 11.5. The number of carbonyl (C=O) groups is 1. The molecule has 2 rings (SSSR count). The number of amides is 1. The van der Waals surface area contributed by atoms with Gasteiger partial charge in [-0.1, -0.05) is 0 Å². The minimum Gasteiger partial charge on any atom is -0.384 e. The number of rotatable bonds is 4. The molecule has 0 spiro atoms. The highest BCUT2D eigenvalue weighted by Gasteiger charge is 2.18. The van der Waals surface area contributed by atoms with Crippen LogP contribution in [0.25, 0.3) is 0 Å². The summed E-state index contributed by atoms with van der Waals surface area (Å²) in [5.74, 6) is 1.97. The van der Waals surface area contributed by atoms with E-state index in [1.807, 2.05) is 11.8 Å². The smallest absolute Gasteiger partial charge is 0.219 e. The quantitative estimate of drug-likeness (QED) is 0.877. The van der Waals surface area contributed by atoms with Crippen LogP contribution in [0.5, 0.6) is 0 Å². The van der Waals surface area contributed by atoms with Crippen LogP contribution in [0, 0.1) is 0 Å². The molecule has 0 unspecified atom stereocenters. The van der Waals surface area contributed by atoms with Gasteiger partial charge in [-0.15, -0.1) is 0 Å². The molecule has 21 heavy (non-hydrogen) atoms. The molecule has 0 saturated carbocycles. The molecule has 116 valence electrons. The lowest BCUT2D eigenvalue weighted by Gasteiger charge is -2.22. The van der Waals surface area contributed by atoms with Crippen molar-refractivity contribution in [3.05, 3.63) is 11.9 Å². The molecule has 0 radical (unpaired) electrons. The Balaban J connectivity index is 2.10. The molecule has 7 heteroatoms. The van der Waals surface area contributed by atoms with Gasteiger partial charge in [0.2, 0.25) is 5.91 Å². The predicted molar refractivity (Wildman–Crippen MR) is 80.9 cm³/mol. The fourth-order valence-electron chi connectivity index (χ4n) is 2.38. The third-order valence-electron chi connectivity index (χ3n) is 3.48. The van der Waals surface area contributed by atoms with Crippen LogP contribution in [0.15, 0.2) is 6.07 Å². The van der Waals surface area contributed by atoms with Crippen LogP contribution < -0.4 is 10.6 Å². The standard InChI is InChI=1S/C14H23N5O2/c1-3-21-10-13-16-12(15)9-14(17-13)19-6-4-5-18(7-8-19)11(2)20/h9H,3-8,10H2,1-2H3,(H2,15,16,17). The SMILES string of the molecule is CCOCc1nc(N)cc(N2CCCN(C(C)=O)CC2)n1. The van der Waals surface area contributed by atoms with Crippen LogP contribution in [0.1, 0.15) is 26.1 Å². The van der Waals surface area contributed by atoms with Gasteiger partial charge >= 0.3 is 0 Å². The van der Waals surface area contributed by atoms with E-state index < -0.39 is 0 Å². The monoisotopic (exact) mass is 293 g/mol. The van der Waals surface area contributed by atoms with Crippen molar-refractivity contribution in [2.24, 2.45) is 0 Å². The van der Waals surface area contributed by atoms with Crippen LogP contribution in [0.2, 0.25) is 0 Å². The maximum absolute atomic E-state index is 11.5. The van der Waals surface area contributed by atoms with Crippen LogP contribution in [0.4, 0.5) is 11.6 Å². The van der Waals surface area contributed by atoms with Crippen molar-refractivity contribution >= 4 is 17.5 Å². The maximum Gasteiger partial charge on any atom is 0.219 e. The van der Waals surface area contributed by atoms with Crippen molar-refractivity contribution < 1.29 is 9.53 Å². The molecule has 0 bridgehead atoms. The Labute approximate surface area is 125 Å². The largest absolute Gasteiger partial charge is 0.384 e. The molecular formula is C14H23N5O2. The molecule has 1 aliphatic rings. The molecule has 1 aromatic rings. The predicted octanol–water partition coefficient (Wildman–Crippen LogP) is 0.654. The highest BCUT2D eigenvalue weighted by molar-refractivity contribution is 5.73. The summed E-state index contributed by atoms with van der Waals surface area (Å²) in [4.78, 5) is 24.2. The Morgan fingerprint density at radius 1 is 1.33 bits per heavy atom. The summed E-state index contributed by atoms with van der Waals surface area (Å²) in [5.41, 5.74) is 5.85. The molecule has 2 N–H and O–H groups in total. The van der Waals surface area contributed by atoms with Gasteiger partial charge in [-0.3, -0.25) is 4.79 Å². The van der Waals surface area contributed by atoms with Gasteiger partial charge in [-0.05, 0) is 13.3 Å². The van der Waals surface area contributed by atoms with E-state index in [4.69, 9.17) is 10.5 Å². The first-order valence-corrected chi connectivity index (χ1v) is 7.31. The van der Waals surface area contributed by atoms with E-state index in [-0.39, 0.29) is 5.91 Å². The van der Waals surface area contributed by atoms with Crippen LogP contribution in [-0.2, 0) is 16.1 Å². The molecule has 0 aliphatic carbocycles. The first-order chi connectivity index (χ1) is 10.1. The molecule has 1 aliphatic heterocycles. The van der Waals surface area contributed by atoms with E-state index in [1.165, 1.54) is 0 Å². The fraction of sp³-hybridized carbons (Fsp3) is 0.643. The molecule has 1 fully saturated rings. The molecule has 0 aromatic carbocycles. The Morgan fingerprint density at radius 2 is 2.14 bits per heavy atom. The van der Waals surface area contributed by atoms with Crippen molar-refractivity contribution in [3.63, 3.8) is 0 Å². The topological polar surface area (TPSA) is 84.6 Å². The summed E-state index contributed by atoms with van der Waals surface area (Å²) < 4.78 is 5.34. The average Bonchev–Trinajstić information content (AvgIpc) is 2.70. The first-order valence-electron chi connectivity index (χ1n) is 7.31. The molecule has 1 amide bonds.